The Morgan fingerprint density at radius 2 is 1.95 bits per heavy atom. The molecule has 1 aromatic rings. The third-order valence-electron chi connectivity index (χ3n) is 3.63. The number of nitrogens with zero attached hydrogens (tertiary/aromatic N) is 1. The lowest BCUT2D eigenvalue weighted by atomic mass is 9.83. The molecule has 0 aliphatic carbocycles. The zero-order chi connectivity index (χ0) is 15.0. The van der Waals surface area contributed by atoms with Crippen molar-refractivity contribution in [3.8, 4) is 0 Å². The maximum atomic E-state index is 12.5. The minimum atomic E-state index is -3.63. The smallest absolute Gasteiger partial charge is 0.310 e. The minimum absolute atomic E-state index is 0.0146. The van der Waals surface area contributed by atoms with Gasteiger partial charge in [0, 0.05) is 17.6 Å². The van der Waals surface area contributed by atoms with Crippen LogP contribution in [0.4, 0.5) is 0 Å². The van der Waals surface area contributed by atoms with Crippen LogP contribution in [0.2, 0.25) is 0 Å². The molecule has 0 spiro atoms. The van der Waals surface area contributed by atoms with E-state index in [0.29, 0.717) is 19.4 Å². The SMILES string of the molecule is CC1(C(=O)O)CCCN(S(=O)(=O)c2ccc(Br)cc2)C1. The first-order valence-corrected chi connectivity index (χ1v) is 8.48. The molecule has 0 radical (unpaired) electrons. The van der Waals surface area contributed by atoms with Crippen molar-refractivity contribution in [2.24, 2.45) is 5.41 Å². The van der Waals surface area contributed by atoms with Crippen molar-refractivity contribution in [2.45, 2.75) is 24.7 Å². The van der Waals surface area contributed by atoms with E-state index in [1.54, 1.807) is 19.1 Å². The lowest BCUT2D eigenvalue weighted by Gasteiger charge is -2.36. The van der Waals surface area contributed by atoms with Crippen molar-refractivity contribution in [2.75, 3.05) is 13.1 Å². The monoisotopic (exact) mass is 361 g/mol. The van der Waals surface area contributed by atoms with E-state index < -0.39 is 21.4 Å². The molecule has 0 bridgehead atoms. The van der Waals surface area contributed by atoms with Crippen LogP contribution < -0.4 is 0 Å². The van der Waals surface area contributed by atoms with Crippen LogP contribution >= 0.6 is 15.9 Å². The van der Waals surface area contributed by atoms with Gasteiger partial charge in [-0.3, -0.25) is 4.79 Å². The number of benzene rings is 1. The van der Waals surface area contributed by atoms with E-state index in [4.69, 9.17) is 0 Å². The molecule has 5 nitrogen and oxygen atoms in total. The quantitative estimate of drug-likeness (QED) is 0.896. The molecule has 1 saturated heterocycles. The Kier molecular flexibility index (Phi) is 4.22. The zero-order valence-electron chi connectivity index (χ0n) is 11.0. The molecule has 0 aromatic heterocycles. The lowest BCUT2D eigenvalue weighted by Crippen LogP contribution is -2.48. The summed E-state index contributed by atoms with van der Waals surface area (Å²) in [5.41, 5.74) is -1.01. The van der Waals surface area contributed by atoms with Crippen LogP contribution in [0.5, 0.6) is 0 Å². The van der Waals surface area contributed by atoms with E-state index in [1.807, 2.05) is 0 Å². The second kappa shape index (κ2) is 5.46. The fraction of sp³-hybridized carbons (Fsp3) is 0.462. The number of carbonyl (C=O) groups is 1. The summed E-state index contributed by atoms with van der Waals surface area (Å²) in [5.74, 6) is -0.951. The van der Waals surface area contributed by atoms with Gasteiger partial charge in [-0.05, 0) is 44.0 Å². The van der Waals surface area contributed by atoms with Gasteiger partial charge in [-0.15, -0.1) is 0 Å². The summed E-state index contributed by atoms with van der Waals surface area (Å²) >= 11 is 3.26. The molecule has 1 aliphatic rings. The average Bonchev–Trinajstić information content (AvgIpc) is 2.39. The van der Waals surface area contributed by atoms with Crippen LogP contribution in [0, 0.1) is 5.41 Å². The number of aliphatic carboxylic acids is 1. The fourth-order valence-corrected chi connectivity index (χ4v) is 4.20. The van der Waals surface area contributed by atoms with Crippen molar-refractivity contribution >= 4 is 31.9 Å². The number of rotatable bonds is 3. The number of halogens is 1. The molecular weight excluding hydrogens is 346 g/mol. The number of sulfonamides is 1. The molecular formula is C13H16BrNO4S. The van der Waals surface area contributed by atoms with Gasteiger partial charge in [-0.2, -0.15) is 4.31 Å². The molecule has 1 fully saturated rings. The Bertz CT molecular complexity index is 614. The molecule has 1 unspecified atom stereocenters. The van der Waals surface area contributed by atoms with Crippen LogP contribution in [0.15, 0.2) is 33.6 Å². The maximum absolute atomic E-state index is 12.5. The Balaban J connectivity index is 2.30. The van der Waals surface area contributed by atoms with Crippen molar-refractivity contribution in [3.05, 3.63) is 28.7 Å². The Morgan fingerprint density at radius 1 is 1.35 bits per heavy atom. The molecule has 7 heteroatoms. The Hall–Kier alpha value is -0.920. The summed E-state index contributed by atoms with van der Waals surface area (Å²) < 4.78 is 27.1. The summed E-state index contributed by atoms with van der Waals surface area (Å²) in [6.07, 6.45) is 1.05. The van der Waals surface area contributed by atoms with Crippen molar-refractivity contribution in [1.82, 2.24) is 4.31 Å². The summed E-state index contributed by atoms with van der Waals surface area (Å²) in [6, 6.07) is 6.36. The predicted molar refractivity (Wildman–Crippen MR) is 77.9 cm³/mol. The number of piperidine rings is 1. The molecule has 1 heterocycles. The van der Waals surface area contributed by atoms with Crippen molar-refractivity contribution in [1.29, 1.82) is 0 Å². The van der Waals surface area contributed by atoms with Gasteiger partial charge < -0.3 is 5.11 Å². The van der Waals surface area contributed by atoms with Gasteiger partial charge in [0.1, 0.15) is 0 Å². The zero-order valence-corrected chi connectivity index (χ0v) is 13.4. The second-order valence-electron chi connectivity index (χ2n) is 5.26. The molecule has 1 atom stereocenters. The third-order valence-corrected chi connectivity index (χ3v) is 6.02. The predicted octanol–water partition coefficient (Wildman–Crippen LogP) is 2.32. The van der Waals surface area contributed by atoms with E-state index in [1.165, 1.54) is 16.4 Å². The van der Waals surface area contributed by atoms with E-state index in [2.05, 4.69) is 15.9 Å². The molecule has 20 heavy (non-hydrogen) atoms. The van der Waals surface area contributed by atoms with Gasteiger partial charge in [0.25, 0.3) is 0 Å². The summed E-state index contributed by atoms with van der Waals surface area (Å²) in [5, 5.41) is 9.26. The first-order chi connectivity index (χ1) is 9.25. The number of carboxylic acid groups (broad SMARTS) is 1. The third kappa shape index (κ3) is 2.89. The first kappa shape index (κ1) is 15.5. The molecule has 1 aromatic carbocycles. The van der Waals surface area contributed by atoms with Gasteiger partial charge >= 0.3 is 5.97 Å². The highest BCUT2D eigenvalue weighted by Crippen LogP contribution is 2.32. The number of carboxylic acids is 1. The maximum Gasteiger partial charge on any atom is 0.310 e. The Labute approximate surface area is 126 Å². The van der Waals surface area contributed by atoms with Crippen LogP contribution in [0.1, 0.15) is 19.8 Å². The minimum Gasteiger partial charge on any atom is -0.481 e. The largest absolute Gasteiger partial charge is 0.481 e. The summed E-state index contributed by atoms with van der Waals surface area (Å²) in [7, 11) is -3.63. The van der Waals surface area contributed by atoms with Gasteiger partial charge in [0.2, 0.25) is 10.0 Å². The van der Waals surface area contributed by atoms with E-state index in [-0.39, 0.29) is 11.4 Å². The molecule has 0 saturated carbocycles. The van der Waals surface area contributed by atoms with Crippen LogP contribution in [-0.4, -0.2) is 36.9 Å². The highest BCUT2D eigenvalue weighted by molar-refractivity contribution is 9.10. The number of hydrogen-bond acceptors (Lipinski definition) is 3. The highest BCUT2D eigenvalue weighted by Gasteiger charge is 2.41. The van der Waals surface area contributed by atoms with Gasteiger partial charge in [-0.25, -0.2) is 8.42 Å². The second-order valence-corrected chi connectivity index (χ2v) is 8.12. The fourth-order valence-electron chi connectivity index (χ4n) is 2.33. The van der Waals surface area contributed by atoms with E-state index in [9.17, 15) is 18.3 Å². The molecule has 1 aliphatic heterocycles. The first-order valence-electron chi connectivity index (χ1n) is 6.25. The highest BCUT2D eigenvalue weighted by atomic mass is 79.9. The summed E-state index contributed by atoms with van der Waals surface area (Å²) in [6.45, 7) is 1.97. The Morgan fingerprint density at radius 3 is 2.50 bits per heavy atom. The average molecular weight is 362 g/mol. The normalized spacial score (nSPS) is 24.5. The van der Waals surface area contributed by atoms with Crippen LogP contribution in [0.3, 0.4) is 0 Å². The van der Waals surface area contributed by atoms with Crippen LogP contribution in [-0.2, 0) is 14.8 Å². The topological polar surface area (TPSA) is 74.7 Å². The van der Waals surface area contributed by atoms with Crippen LogP contribution in [0.25, 0.3) is 0 Å². The molecule has 110 valence electrons. The molecule has 2 rings (SSSR count). The van der Waals surface area contributed by atoms with Crippen molar-refractivity contribution in [3.63, 3.8) is 0 Å². The van der Waals surface area contributed by atoms with Gasteiger partial charge in [0.05, 0.1) is 10.3 Å². The van der Waals surface area contributed by atoms with Gasteiger partial charge in [0.15, 0.2) is 0 Å². The van der Waals surface area contributed by atoms with E-state index in [0.717, 1.165) is 4.47 Å². The van der Waals surface area contributed by atoms with Gasteiger partial charge in [-0.1, -0.05) is 15.9 Å². The number of hydrogen-bond donors (Lipinski definition) is 1. The molecule has 1 N–H and O–H groups in total. The van der Waals surface area contributed by atoms with Crippen molar-refractivity contribution < 1.29 is 18.3 Å². The summed E-state index contributed by atoms with van der Waals surface area (Å²) in [4.78, 5) is 11.5. The molecule has 0 amide bonds. The lowest BCUT2D eigenvalue weighted by molar-refractivity contribution is -0.150. The van der Waals surface area contributed by atoms with E-state index >= 15 is 0 Å². The standard InChI is InChI=1S/C13H16BrNO4S/c1-13(12(16)17)7-2-8-15(9-13)20(18,19)11-5-3-10(14)4-6-11/h3-6H,2,7-9H2,1H3,(H,16,17).